The van der Waals surface area contributed by atoms with E-state index in [0.717, 1.165) is 16.5 Å². The first kappa shape index (κ1) is 13.8. The van der Waals surface area contributed by atoms with Gasteiger partial charge in [-0.05, 0) is 29.0 Å². The molecule has 0 radical (unpaired) electrons. The van der Waals surface area contributed by atoms with Gasteiger partial charge < -0.3 is 4.74 Å². The van der Waals surface area contributed by atoms with E-state index in [1.165, 1.54) is 10.9 Å². The van der Waals surface area contributed by atoms with E-state index < -0.39 is 5.97 Å². The number of rotatable bonds is 3. The molecule has 23 heavy (non-hydrogen) atoms. The van der Waals surface area contributed by atoms with Crippen molar-refractivity contribution in [2.24, 2.45) is 0 Å². The molecule has 5 heteroatoms. The molecular formula is C18H12N2O2S. The third-order valence-corrected chi connectivity index (χ3v) is 4.59. The molecular weight excluding hydrogens is 308 g/mol. The Morgan fingerprint density at radius 1 is 1.04 bits per heavy atom. The molecule has 112 valence electrons. The average Bonchev–Trinajstić information content (AvgIpc) is 3.02. The van der Waals surface area contributed by atoms with Crippen molar-refractivity contribution in [1.82, 2.24) is 9.97 Å². The zero-order valence-electron chi connectivity index (χ0n) is 12.1. The van der Waals surface area contributed by atoms with Crippen molar-refractivity contribution in [2.45, 2.75) is 6.61 Å². The van der Waals surface area contributed by atoms with E-state index in [4.69, 9.17) is 4.74 Å². The Kier molecular flexibility index (Phi) is 3.48. The Bertz CT molecular complexity index is 1010. The van der Waals surface area contributed by atoms with Gasteiger partial charge in [0, 0.05) is 10.3 Å². The van der Waals surface area contributed by atoms with Gasteiger partial charge in [0.2, 0.25) is 0 Å². The highest BCUT2D eigenvalue weighted by Gasteiger charge is 2.12. The molecule has 0 amide bonds. The van der Waals surface area contributed by atoms with Crippen LogP contribution in [0.1, 0.15) is 16.1 Å². The number of carbonyl (C=O) groups excluding carboxylic acids is 1. The van der Waals surface area contributed by atoms with Crippen molar-refractivity contribution < 1.29 is 9.53 Å². The monoisotopic (exact) mass is 320 g/mol. The summed E-state index contributed by atoms with van der Waals surface area (Å²) < 4.78 is 6.58. The van der Waals surface area contributed by atoms with Crippen LogP contribution in [0, 0.1) is 0 Å². The predicted molar refractivity (Wildman–Crippen MR) is 90.5 cm³/mol. The van der Waals surface area contributed by atoms with Crippen LogP contribution in [-0.2, 0) is 11.3 Å². The van der Waals surface area contributed by atoms with Gasteiger partial charge in [-0.15, -0.1) is 11.3 Å². The number of para-hydroxylation sites is 2. The van der Waals surface area contributed by atoms with Crippen molar-refractivity contribution >= 4 is 38.4 Å². The fourth-order valence-corrected chi connectivity index (χ4v) is 3.36. The van der Waals surface area contributed by atoms with Gasteiger partial charge in [-0.25, -0.2) is 9.78 Å². The van der Waals surface area contributed by atoms with Gasteiger partial charge in [-0.3, -0.25) is 4.98 Å². The molecule has 0 fully saturated rings. The number of fused-ring (bicyclic) bond motifs is 2. The van der Waals surface area contributed by atoms with E-state index in [1.807, 2.05) is 47.8 Å². The van der Waals surface area contributed by atoms with Crippen LogP contribution in [0.4, 0.5) is 0 Å². The number of thiophene rings is 1. The third-order valence-electron chi connectivity index (χ3n) is 3.58. The quantitative estimate of drug-likeness (QED) is 0.531. The minimum Gasteiger partial charge on any atom is -0.456 e. The Morgan fingerprint density at radius 3 is 2.74 bits per heavy atom. The summed E-state index contributed by atoms with van der Waals surface area (Å²) in [6.45, 7) is 0.233. The molecule has 0 N–H and O–H groups in total. The first-order chi connectivity index (χ1) is 11.3. The van der Waals surface area contributed by atoms with E-state index in [0.29, 0.717) is 5.52 Å². The summed E-state index contributed by atoms with van der Waals surface area (Å²) in [4.78, 5) is 20.7. The fourth-order valence-electron chi connectivity index (χ4n) is 2.42. The molecule has 0 unspecified atom stereocenters. The first-order valence-electron chi connectivity index (χ1n) is 7.15. The molecule has 0 bridgehead atoms. The van der Waals surface area contributed by atoms with Gasteiger partial charge in [0.1, 0.15) is 6.61 Å². The zero-order chi connectivity index (χ0) is 15.6. The second kappa shape index (κ2) is 5.78. The van der Waals surface area contributed by atoms with Gasteiger partial charge in [-0.1, -0.05) is 30.3 Å². The summed E-state index contributed by atoms with van der Waals surface area (Å²) in [5, 5.41) is 3.14. The van der Waals surface area contributed by atoms with Crippen molar-refractivity contribution in [1.29, 1.82) is 0 Å². The zero-order valence-corrected chi connectivity index (χ0v) is 12.9. The van der Waals surface area contributed by atoms with Crippen LogP contribution in [0.15, 0.2) is 60.1 Å². The van der Waals surface area contributed by atoms with E-state index in [2.05, 4.69) is 16.0 Å². The van der Waals surface area contributed by atoms with Crippen LogP contribution >= 0.6 is 11.3 Å². The first-order valence-corrected chi connectivity index (χ1v) is 8.03. The van der Waals surface area contributed by atoms with Crippen molar-refractivity contribution in [2.75, 3.05) is 0 Å². The molecule has 0 aliphatic heterocycles. The van der Waals surface area contributed by atoms with E-state index in [-0.39, 0.29) is 12.3 Å². The van der Waals surface area contributed by atoms with Crippen LogP contribution in [0.5, 0.6) is 0 Å². The maximum atomic E-state index is 12.2. The normalized spacial score (nSPS) is 11.0. The molecule has 4 nitrogen and oxygen atoms in total. The highest BCUT2D eigenvalue weighted by atomic mass is 32.1. The van der Waals surface area contributed by atoms with Gasteiger partial charge in [0.15, 0.2) is 5.69 Å². The molecule has 0 aliphatic rings. The number of aromatic nitrogens is 2. The van der Waals surface area contributed by atoms with E-state index >= 15 is 0 Å². The lowest BCUT2D eigenvalue weighted by Gasteiger charge is -2.04. The van der Waals surface area contributed by atoms with Gasteiger partial charge in [-0.2, -0.15) is 0 Å². The maximum absolute atomic E-state index is 12.2. The predicted octanol–water partition coefficient (Wildman–Crippen LogP) is 4.20. The standard InChI is InChI=1S/C18H12N2O2S/c21-18(16-9-19-14-6-2-3-7-15(14)20-16)22-10-12-11-23-17-8-4-1-5-13(12)17/h1-9,11H,10H2. The summed E-state index contributed by atoms with van der Waals surface area (Å²) in [6.07, 6.45) is 1.45. The molecule has 4 rings (SSSR count). The Morgan fingerprint density at radius 2 is 1.83 bits per heavy atom. The molecule has 0 atom stereocenters. The Labute approximate surface area is 136 Å². The van der Waals surface area contributed by atoms with Crippen molar-refractivity contribution in [3.05, 3.63) is 71.4 Å². The molecule has 4 aromatic rings. The summed E-state index contributed by atoms with van der Waals surface area (Å²) in [5.41, 5.74) is 2.67. The topological polar surface area (TPSA) is 52.1 Å². The van der Waals surface area contributed by atoms with Crippen LogP contribution in [0.2, 0.25) is 0 Å². The highest BCUT2D eigenvalue weighted by Crippen LogP contribution is 2.26. The lowest BCUT2D eigenvalue weighted by atomic mass is 10.2. The second-order valence-corrected chi connectivity index (χ2v) is 5.99. The largest absolute Gasteiger partial charge is 0.456 e. The number of ether oxygens (including phenoxy) is 1. The summed E-state index contributed by atoms with van der Waals surface area (Å²) in [7, 11) is 0. The number of carbonyl (C=O) groups is 1. The van der Waals surface area contributed by atoms with Crippen LogP contribution in [0.3, 0.4) is 0 Å². The summed E-state index contributed by atoms with van der Waals surface area (Å²) in [5.74, 6) is -0.460. The van der Waals surface area contributed by atoms with E-state index in [9.17, 15) is 4.79 Å². The molecule has 0 saturated heterocycles. The van der Waals surface area contributed by atoms with Crippen LogP contribution in [0.25, 0.3) is 21.1 Å². The third kappa shape index (κ3) is 2.66. The molecule has 0 spiro atoms. The smallest absolute Gasteiger partial charge is 0.358 e. The molecule has 0 aliphatic carbocycles. The van der Waals surface area contributed by atoms with Gasteiger partial charge >= 0.3 is 5.97 Å². The van der Waals surface area contributed by atoms with Crippen LogP contribution in [-0.4, -0.2) is 15.9 Å². The SMILES string of the molecule is O=C(OCc1csc2ccccc12)c1cnc2ccccc2n1. The molecule has 2 aromatic carbocycles. The molecule has 2 heterocycles. The van der Waals surface area contributed by atoms with Crippen molar-refractivity contribution in [3.63, 3.8) is 0 Å². The number of esters is 1. The maximum Gasteiger partial charge on any atom is 0.358 e. The fraction of sp³-hybridized carbons (Fsp3) is 0.0556. The second-order valence-electron chi connectivity index (χ2n) is 5.08. The summed E-state index contributed by atoms with van der Waals surface area (Å²) >= 11 is 1.64. The minimum atomic E-state index is -0.460. The average molecular weight is 320 g/mol. The summed E-state index contributed by atoms with van der Waals surface area (Å²) in [6, 6.07) is 15.5. The highest BCUT2D eigenvalue weighted by molar-refractivity contribution is 7.17. The number of hydrogen-bond donors (Lipinski definition) is 0. The number of hydrogen-bond acceptors (Lipinski definition) is 5. The van der Waals surface area contributed by atoms with Crippen molar-refractivity contribution in [3.8, 4) is 0 Å². The lowest BCUT2D eigenvalue weighted by Crippen LogP contribution is -2.08. The Balaban J connectivity index is 1.55. The van der Waals surface area contributed by atoms with Gasteiger partial charge in [0.05, 0.1) is 17.2 Å². The Hall–Kier alpha value is -2.79. The van der Waals surface area contributed by atoms with Crippen LogP contribution < -0.4 is 0 Å². The van der Waals surface area contributed by atoms with Gasteiger partial charge in [0.25, 0.3) is 0 Å². The molecule has 0 saturated carbocycles. The minimum absolute atomic E-state index is 0.225. The lowest BCUT2D eigenvalue weighted by molar-refractivity contribution is 0.0468. The number of nitrogens with zero attached hydrogens (tertiary/aromatic N) is 2. The van der Waals surface area contributed by atoms with E-state index in [1.54, 1.807) is 11.3 Å². The number of benzene rings is 2. The molecule has 2 aromatic heterocycles.